The number of rotatable bonds is 6. The molecule has 0 amide bonds. The van der Waals surface area contributed by atoms with Crippen LogP contribution in [0.2, 0.25) is 0 Å². The molecule has 5 nitrogen and oxygen atoms in total. The molecule has 0 unspecified atom stereocenters. The fourth-order valence-electron chi connectivity index (χ4n) is 3.24. The summed E-state index contributed by atoms with van der Waals surface area (Å²) in [5.41, 5.74) is 8.84. The zero-order valence-corrected chi connectivity index (χ0v) is 16.2. The molecule has 0 spiro atoms. The maximum absolute atomic E-state index is 13.2. The number of fused-ring (bicyclic) bond motifs is 1. The number of aromatic nitrogens is 1. The van der Waals surface area contributed by atoms with Crippen molar-refractivity contribution in [2.45, 2.75) is 22.9 Å². The van der Waals surface area contributed by atoms with Crippen molar-refractivity contribution in [1.82, 2.24) is 4.57 Å². The van der Waals surface area contributed by atoms with Crippen molar-refractivity contribution in [2.75, 3.05) is 0 Å². The third-order valence-corrected chi connectivity index (χ3v) is 5.80. The molecule has 7 heteroatoms. The molecule has 0 saturated heterocycles. The van der Waals surface area contributed by atoms with Crippen molar-refractivity contribution in [3.63, 3.8) is 0 Å². The van der Waals surface area contributed by atoms with E-state index in [4.69, 9.17) is 5.73 Å². The maximum Gasteiger partial charge on any atom is 0.283 e. The minimum absolute atomic E-state index is 0.0792. The van der Waals surface area contributed by atoms with Gasteiger partial charge in [0.1, 0.15) is 5.82 Å². The van der Waals surface area contributed by atoms with Gasteiger partial charge in [-0.1, -0.05) is 48.2 Å². The normalized spacial score (nSPS) is 11.1. The first-order valence-corrected chi connectivity index (χ1v) is 9.84. The highest BCUT2D eigenvalue weighted by Crippen LogP contribution is 2.39. The minimum atomic E-state index is -0.368. The summed E-state index contributed by atoms with van der Waals surface area (Å²) in [4.78, 5) is 12.5. The summed E-state index contributed by atoms with van der Waals surface area (Å²) in [5, 5.41) is 12.4. The van der Waals surface area contributed by atoms with E-state index in [-0.39, 0.29) is 16.4 Å². The van der Waals surface area contributed by atoms with Gasteiger partial charge in [-0.15, -0.1) is 0 Å². The molecular weight excluding hydrogens is 389 g/mol. The second-order valence-corrected chi connectivity index (χ2v) is 7.71. The van der Waals surface area contributed by atoms with Crippen molar-refractivity contribution in [2.24, 2.45) is 5.73 Å². The van der Waals surface area contributed by atoms with Crippen LogP contribution in [0.4, 0.5) is 10.1 Å². The van der Waals surface area contributed by atoms with Crippen LogP contribution in [0.25, 0.3) is 10.9 Å². The van der Waals surface area contributed by atoms with Crippen LogP contribution in [0.1, 0.15) is 11.1 Å². The number of nitrogens with two attached hydrogens (primary N) is 1. The highest BCUT2D eigenvalue weighted by atomic mass is 32.2. The summed E-state index contributed by atoms with van der Waals surface area (Å²) in [6, 6.07) is 19.1. The van der Waals surface area contributed by atoms with Gasteiger partial charge >= 0.3 is 0 Å². The van der Waals surface area contributed by atoms with Crippen LogP contribution in [0.3, 0.4) is 0 Å². The first kappa shape index (κ1) is 19.2. The van der Waals surface area contributed by atoms with Gasteiger partial charge in [0.25, 0.3) is 5.69 Å². The summed E-state index contributed by atoms with van der Waals surface area (Å²) in [7, 11) is 0. The number of hydrogen-bond acceptors (Lipinski definition) is 4. The van der Waals surface area contributed by atoms with E-state index in [1.165, 1.54) is 30.0 Å². The lowest BCUT2D eigenvalue weighted by Crippen LogP contribution is -2.00. The lowest BCUT2D eigenvalue weighted by atomic mass is 10.1. The second-order valence-electron chi connectivity index (χ2n) is 6.63. The highest BCUT2D eigenvalue weighted by molar-refractivity contribution is 7.99. The molecule has 4 aromatic rings. The lowest BCUT2D eigenvalue weighted by molar-refractivity contribution is -0.387. The van der Waals surface area contributed by atoms with Gasteiger partial charge in [0, 0.05) is 41.2 Å². The first-order chi connectivity index (χ1) is 14.0. The quantitative estimate of drug-likeness (QED) is 0.345. The molecule has 0 radical (unpaired) electrons. The van der Waals surface area contributed by atoms with E-state index in [1.807, 2.05) is 24.4 Å². The highest BCUT2D eigenvalue weighted by Gasteiger charge is 2.17. The van der Waals surface area contributed by atoms with Gasteiger partial charge < -0.3 is 10.3 Å². The van der Waals surface area contributed by atoms with Gasteiger partial charge in [0.2, 0.25) is 0 Å². The Morgan fingerprint density at radius 1 is 1.00 bits per heavy atom. The smallest absolute Gasteiger partial charge is 0.283 e. The van der Waals surface area contributed by atoms with Crippen LogP contribution in [0.5, 0.6) is 0 Å². The van der Waals surface area contributed by atoms with E-state index < -0.39 is 0 Å². The van der Waals surface area contributed by atoms with Crippen LogP contribution < -0.4 is 5.73 Å². The lowest BCUT2D eigenvalue weighted by Gasteiger charge is -2.06. The van der Waals surface area contributed by atoms with Crippen molar-refractivity contribution in [3.05, 3.63) is 100.0 Å². The van der Waals surface area contributed by atoms with Gasteiger partial charge in [-0.25, -0.2) is 4.39 Å². The van der Waals surface area contributed by atoms with Gasteiger partial charge in [0.05, 0.1) is 9.82 Å². The van der Waals surface area contributed by atoms with Crippen molar-refractivity contribution < 1.29 is 9.31 Å². The predicted molar refractivity (Wildman–Crippen MR) is 113 cm³/mol. The Morgan fingerprint density at radius 2 is 1.72 bits per heavy atom. The molecule has 1 aromatic heterocycles. The fourth-order valence-corrected chi connectivity index (χ4v) is 4.34. The average molecular weight is 407 g/mol. The molecule has 0 aliphatic heterocycles. The largest absolute Gasteiger partial charge is 0.342 e. The molecule has 0 bridgehead atoms. The van der Waals surface area contributed by atoms with Crippen molar-refractivity contribution >= 4 is 28.4 Å². The molecule has 0 saturated carbocycles. The maximum atomic E-state index is 13.2. The Morgan fingerprint density at radius 3 is 2.45 bits per heavy atom. The van der Waals surface area contributed by atoms with E-state index in [2.05, 4.69) is 4.57 Å². The Hall–Kier alpha value is -3.16. The summed E-state index contributed by atoms with van der Waals surface area (Å²) < 4.78 is 15.3. The monoisotopic (exact) mass is 407 g/mol. The van der Waals surface area contributed by atoms with Crippen LogP contribution in [0.15, 0.2) is 82.7 Å². The number of para-hydroxylation sites is 1. The Labute approximate surface area is 171 Å². The summed E-state index contributed by atoms with van der Waals surface area (Å²) in [6.45, 7) is 0.979. The van der Waals surface area contributed by atoms with Crippen LogP contribution in [-0.4, -0.2) is 9.49 Å². The van der Waals surface area contributed by atoms with Gasteiger partial charge in [0.15, 0.2) is 0 Å². The molecule has 0 aliphatic carbocycles. The van der Waals surface area contributed by atoms with E-state index >= 15 is 0 Å². The molecule has 1 heterocycles. The average Bonchev–Trinajstić information content (AvgIpc) is 3.06. The molecule has 3 aromatic carbocycles. The zero-order valence-electron chi connectivity index (χ0n) is 15.4. The fraction of sp³-hybridized carbons (Fsp3) is 0.0909. The number of hydrogen-bond donors (Lipinski definition) is 1. The van der Waals surface area contributed by atoms with Crippen LogP contribution in [0, 0.1) is 15.9 Å². The van der Waals surface area contributed by atoms with E-state index in [0.717, 1.165) is 26.9 Å². The second kappa shape index (κ2) is 8.06. The summed E-state index contributed by atoms with van der Waals surface area (Å²) >= 11 is 1.37. The third kappa shape index (κ3) is 4.01. The Bertz CT molecular complexity index is 1190. The van der Waals surface area contributed by atoms with Gasteiger partial charge in [-0.2, -0.15) is 0 Å². The molecular formula is C22H18FN3O2S. The Kier molecular flexibility index (Phi) is 5.33. The molecule has 0 aliphatic rings. The SMILES string of the molecule is NCc1ccc2c(Sc3ccccc3[N+](=O)[O-])cn(Cc3ccc(F)cc3)c2c1. The first-order valence-electron chi connectivity index (χ1n) is 9.02. The van der Waals surface area contributed by atoms with Crippen molar-refractivity contribution in [3.8, 4) is 0 Å². The predicted octanol–water partition coefficient (Wildman–Crippen LogP) is 5.35. The molecule has 2 N–H and O–H groups in total. The van der Waals surface area contributed by atoms with E-state index in [0.29, 0.717) is 18.0 Å². The van der Waals surface area contributed by atoms with Crippen LogP contribution >= 0.6 is 11.8 Å². The van der Waals surface area contributed by atoms with Crippen molar-refractivity contribution in [1.29, 1.82) is 0 Å². The standard InChI is InChI=1S/C22H18FN3O2S/c23-17-8-5-15(6-9-17)13-25-14-22(18-10-7-16(12-24)11-20(18)25)29-21-4-2-1-3-19(21)26(27)28/h1-11,14H,12-13,24H2. The molecule has 0 fully saturated rings. The van der Waals surface area contributed by atoms with E-state index in [1.54, 1.807) is 30.3 Å². The number of benzene rings is 3. The summed E-state index contributed by atoms with van der Waals surface area (Å²) in [5.74, 6) is -0.274. The minimum Gasteiger partial charge on any atom is -0.342 e. The van der Waals surface area contributed by atoms with E-state index in [9.17, 15) is 14.5 Å². The number of nitro groups is 1. The molecule has 0 atom stereocenters. The molecule has 29 heavy (non-hydrogen) atoms. The number of nitro benzene ring substituents is 1. The summed E-state index contributed by atoms with van der Waals surface area (Å²) in [6.07, 6.45) is 1.98. The van der Waals surface area contributed by atoms with Gasteiger partial charge in [-0.05, 0) is 35.4 Å². The number of nitrogens with zero attached hydrogens (tertiary/aromatic N) is 2. The van der Waals surface area contributed by atoms with Gasteiger partial charge in [-0.3, -0.25) is 10.1 Å². The number of halogens is 1. The van der Waals surface area contributed by atoms with Crippen LogP contribution in [-0.2, 0) is 13.1 Å². The molecule has 146 valence electrons. The third-order valence-electron chi connectivity index (χ3n) is 4.69. The zero-order chi connectivity index (χ0) is 20.4. The Balaban J connectivity index is 1.78. The topological polar surface area (TPSA) is 74.1 Å². The molecule has 4 rings (SSSR count).